The van der Waals surface area contributed by atoms with E-state index < -0.39 is 0 Å². The van der Waals surface area contributed by atoms with Gasteiger partial charge in [-0.2, -0.15) is 0 Å². The first-order chi connectivity index (χ1) is 3.41. The Labute approximate surface area is 43.7 Å². The maximum Gasteiger partial charge on any atom is 0.0894 e. The Balaban J connectivity index is 2.45. The summed E-state index contributed by atoms with van der Waals surface area (Å²) < 4.78 is 11.3. The zero-order chi connectivity index (χ0) is 5.54. The van der Waals surface area contributed by atoms with E-state index in [1.807, 2.05) is 0 Å². The molecular weight excluding hydrogens is 93.1 g/mol. The smallest absolute Gasteiger partial charge is 0.0894 e. The standard InChI is InChI=1S/C5H12FN/c6-4-2-1-3-5-7/h1-5,7H2. The van der Waals surface area contributed by atoms with Gasteiger partial charge in [0, 0.05) is 0 Å². The first-order valence-electron chi connectivity index (χ1n) is 2.68. The molecule has 0 aliphatic heterocycles. The van der Waals surface area contributed by atoms with Crippen LogP contribution >= 0.6 is 0 Å². The van der Waals surface area contributed by atoms with Crippen molar-refractivity contribution in [2.45, 2.75) is 19.3 Å². The molecule has 2 heteroatoms. The summed E-state index contributed by atoms with van der Waals surface area (Å²) in [5, 5.41) is 0. The van der Waals surface area contributed by atoms with E-state index in [1.54, 1.807) is 0 Å². The monoisotopic (exact) mass is 105 g/mol. The van der Waals surface area contributed by atoms with Crippen LogP contribution in [0.5, 0.6) is 0 Å². The van der Waals surface area contributed by atoms with E-state index in [9.17, 15) is 4.39 Å². The minimum atomic E-state index is -0.194. The predicted molar refractivity (Wildman–Crippen MR) is 28.9 cm³/mol. The zero-order valence-electron chi connectivity index (χ0n) is 4.49. The van der Waals surface area contributed by atoms with Gasteiger partial charge >= 0.3 is 0 Å². The summed E-state index contributed by atoms with van der Waals surface area (Å²) in [6.07, 6.45) is 2.58. The molecular formula is C5H12FN. The van der Waals surface area contributed by atoms with Crippen LogP contribution in [-0.4, -0.2) is 13.2 Å². The Hall–Kier alpha value is -0.110. The maximum atomic E-state index is 11.3. The van der Waals surface area contributed by atoms with Crippen molar-refractivity contribution in [3.8, 4) is 0 Å². The number of hydrogen-bond acceptors (Lipinski definition) is 1. The second kappa shape index (κ2) is 5.89. The lowest BCUT2D eigenvalue weighted by atomic mass is 10.2. The number of halogens is 1. The van der Waals surface area contributed by atoms with Crippen molar-refractivity contribution < 1.29 is 4.39 Å². The third kappa shape index (κ3) is 5.89. The van der Waals surface area contributed by atoms with Gasteiger partial charge in [0.05, 0.1) is 6.67 Å². The van der Waals surface area contributed by atoms with Crippen molar-refractivity contribution in [2.24, 2.45) is 5.73 Å². The van der Waals surface area contributed by atoms with Gasteiger partial charge in [-0.15, -0.1) is 0 Å². The molecule has 0 fully saturated rings. The first kappa shape index (κ1) is 6.89. The highest BCUT2D eigenvalue weighted by Crippen LogP contribution is 1.91. The molecule has 0 aromatic rings. The summed E-state index contributed by atoms with van der Waals surface area (Å²) in [5.74, 6) is 0. The highest BCUT2D eigenvalue weighted by atomic mass is 19.1. The average Bonchev–Trinajstić information content (AvgIpc) is 1.69. The van der Waals surface area contributed by atoms with E-state index in [1.165, 1.54) is 0 Å². The SMILES string of the molecule is NCCCCCF. The van der Waals surface area contributed by atoms with Crippen molar-refractivity contribution in [2.75, 3.05) is 13.2 Å². The molecule has 0 rings (SSSR count). The second-order valence-electron chi connectivity index (χ2n) is 1.54. The number of alkyl halides is 1. The van der Waals surface area contributed by atoms with E-state index in [2.05, 4.69) is 0 Å². The topological polar surface area (TPSA) is 26.0 Å². The van der Waals surface area contributed by atoms with Crippen molar-refractivity contribution in [3.63, 3.8) is 0 Å². The lowest BCUT2D eigenvalue weighted by Gasteiger charge is -1.89. The van der Waals surface area contributed by atoms with E-state index in [0.717, 1.165) is 12.8 Å². The summed E-state index contributed by atoms with van der Waals surface area (Å²) in [7, 11) is 0. The quantitative estimate of drug-likeness (QED) is 0.532. The molecule has 0 atom stereocenters. The number of unbranched alkanes of at least 4 members (excludes halogenated alkanes) is 2. The van der Waals surface area contributed by atoms with Crippen molar-refractivity contribution in [1.29, 1.82) is 0 Å². The van der Waals surface area contributed by atoms with E-state index >= 15 is 0 Å². The van der Waals surface area contributed by atoms with Gasteiger partial charge in [0.1, 0.15) is 0 Å². The van der Waals surface area contributed by atoms with Crippen molar-refractivity contribution >= 4 is 0 Å². The molecule has 0 spiro atoms. The van der Waals surface area contributed by atoms with Crippen molar-refractivity contribution in [1.82, 2.24) is 0 Å². The van der Waals surface area contributed by atoms with Gasteiger partial charge in [-0.1, -0.05) is 0 Å². The number of rotatable bonds is 4. The van der Waals surface area contributed by atoms with Gasteiger partial charge in [-0.3, -0.25) is 4.39 Å². The van der Waals surface area contributed by atoms with Gasteiger partial charge in [-0.05, 0) is 25.8 Å². The van der Waals surface area contributed by atoms with E-state index in [4.69, 9.17) is 5.73 Å². The fourth-order valence-corrected chi connectivity index (χ4v) is 0.416. The van der Waals surface area contributed by atoms with Crippen LogP contribution in [0.1, 0.15) is 19.3 Å². The van der Waals surface area contributed by atoms with E-state index in [0.29, 0.717) is 13.0 Å². The molecule has 1 nitrogen and oxygen atoms in total. The molecule has 0 saturated heterocycles. The van der Waals surface area contributed by atoms with E-state index in [-0.39, 0.29) is 6.67 Å². The first-order valence-corrected chi connectivity index (χ1v) is 2.68. The van der Waals surface area contributed by atoms with Crippen LogP contribution in [0.25, 0.3) is 0 Å². The van der Waals surface area contributed by atoms with Crippen LogP contribution < -0.4 is 5.73 Å². The van der Waals surface area contributed by atoms with Gasteiger partial charge < -0.3 is 5.73 Å². The Morgan fingerprint density at radius 1 is 1.14 bits per heavy atom. The summed E-state index contributed by atoms with van der Waals surface area (Å²) in [5.41, 5.74) is 5.15. The Bertz CT molecular complexity index is 27.3. The highest BCUT2D eigenvalue weighted by Gasteiger charge is 1.82. The third-order valence-electron chi connectivity index (χ3n) is 0.838. The molecule has 7 heavy (non-hydrogen) atoms. The maximum absolute atomic E-state index is 11.3. The highest BCUT2D eigenvalue weighted by molar-refractivity contribution is 4.38. The van der Waals surface area contributed by atoms with Crippen LogP contribution in [0.2, 0.25) is 0 Å². The molecule has 2 N–H and O–H groups in total. The van der Waals surface area contributed by atoms with Crippen LogP contribution in [-0.2, 0) is 0 Å². The summed E-state index contributed by atoms with van der Waals surface area (Å²) >= 11 is 0. The van der Waals surface area contributed by atoms with Crippen LogP contribution in [0.3, 0.4) is 0 Å². The zero-order valence-corrected chi connectivity index (χ0v) is 4.49. The Kier molecular flexibility index (Phi) is 5.80. The minimum Gasteiger partial charge on any atom is -0.330 e. The Morgan fingerprint density at radius 3 is 2.29 bits per heavy atom. The molecule has 0 aromatic carbocycles. The summed E-state index contributed by atoms with van der Waals surface area (Å²) in [6.45, 7) is 0.500. The largest absolute Gasteiger partial charge is 0.330 e. The molecule has 0 heterocycles. The summed E-state index contributed by atoms with van der Waals surface area (Å²) in [6, 6.07) is 0. The number of nitrogens with two attached hydrogens (primary N) is 1. The van der Waals surface area contributed by atoms with Crippen LogP contribution in [0, 0.1) is 0 Å². The normalized spacial score (nSPS) is 9.43. The van der Waals surface area contributed by atoms with Gasteiger partial charge in [-0.25, -0.2) is 0 Å². The fraction of sp³-hybridized carbons (Fsp3) is 1.00. The van der Waals surface area contributed by atoms with Gasteiger partial charge in [0.25, 0.3) is 0 Å². The molecule has 0 radical (unpaired) electrons. The molecule has 0 aliphatic carbocycles. The second-order valence-corrected chi connectivity index (χ2v) is 1.54. The molecule has 0 bridgehead atoms. The van der Waals surface area contributed by atoms with Gasteiger partial charge in [0.15, 0.2) is 0 Å². The Morgan fingerprint density at radius 2 is 1.86 bits per heavy atom. The minimum absolute atomic E-state index is 0.194. The molecule has 0 aliphatic rings. The predicted octanol–water partition coefficient (Wildman–Crippen LogP) is 1.08. The molecule has 0 amide bonds. The molecule has 0 aromatic heterocycles. The lowest BCUT2D eigenvalue weighted by molar-refractivity contribution is 0.457. The van der Waals surface area contributed by atoms with Crippen molar-refractivity contribution in [3.05, 3.63) is 0 Å². The lowest BCUT2D eigenvalue weighted by Crippen LogP contribution is -1.97. The fourth-order valence-electron chi connectivity index (χ4n) is 0.416. The van der Waals surface area contributed by atoms with Crippen LogP contribution in [0.4, 0.5) is 4.39 Å². The molecule has 0 saturated carbocycles. The average molecular weight is 105 g/mol. The summed E-state index contributed by atoms with van der Waals surface area (Å²) in [4.78, 5) is 0. The van der Waals surface area contributed by atoms with Crippen LogP contribution in [0.15, 0.2) is 0 Å². The number of hydrogen-bond donors (Lipinski definition) is 1. The van der Waals surface area contributed by atoms with Gasteiger partial charge in [0.2, 0.25) is 0 Å². The molecule has 0 unspecified atom stereocenters. The molecule has 44 valence electrons. The third-order valence-corrected chi connectivity index (χ3v) is 0.838.